The van der Waals surface area contributed by atoms with Crippen LogP contribution in [0.5, 0.6) is 11.5 Å². The average Bonchev–Trinajstić information content (AvgIpc) is 3.19. The molecule has 1 atom stereocenters. The van der Waals surface area contributed by atoms with Crippen molar-refractivity contribution in [2.45, 2.75) is 26.0 Å². The molecule has 6 nitrogen and oxygen atoms in total. The molecule has 3 rings (SSSR count). The molecule has 160 valence electrons. The van der Waals surface area contributed by atoms with E-state index in [1.807, 2.05) is 32.0 Å². The van der Waals surface area contributed by atoms with Gasteiger partial charge in [-0.2, -0.15) is 0 Å². The molecule has 1 aromatic heterocycles. The third-order valence-electron chi connectivity index (χ3n) is 3.91. The van der Waals surface area contributed by atoms with Crippen LogP contribution in [-0.4, -0.2) is 40.7 Å². The Morgan fingerprint density at radius 3 is 2.60 bits per heavy atom. The number of hydrogen-bond donors (Lipinski definition) is 2. The van der Waals surface area contributed by atoms with Gasteiger partial charge in [0.1, 0.15) is 22.4 Å². The first-order chi connectivity index (χ1) is 14.3. The number of nitrogens with zero attached hydrogens (tertiary/aromatic N) is 2. The minimum Gasteiger partial charge on any atom is -0.490 e. The van der Waals surface area contributed by atoms with Crippen molar-refractivity contribution in [3.05, 3.63) is 45.6 Å². The molecule has 0 saturated carbocycles. The maximum Gasteiger partial charge on any atom is 0.165 e. The van der Waals surface area contributed by atoms with Crippen molar-refractivity contribution in [1.29, 1.82) is 0 Å². The number of halogens is 3. The predicted molar refractivity (Wildman–Crippen MR) is 120 cm³/mol. The van der Waals surface area contributed by atoms with Gasteiger partial charge in [-0.05, 0) is 54.0 Å². The van der Waals surface area contributed by atoms with E-state index in [0.29, 0.717) is 15.6 Å². The van der Waals surface area contributed by atoms with Gasteiger partial charge in [0.25, 0.3) is 0 Å². The van der Waals surface area contributed by atoms with Gasteiger partial charge in [-0.25, -0.2) is 4.39 Å². The normalized spacial score (nSPS) is 12.3. The molecule has 2 aromatic carbocycles. The largest absolute Gasteiger partial charge is 0.490 e. The van der Waals surface area contributed by atoms with Crippen molar-refractivity contribution in [2.75, 3.05) is 13.2 Å². The first-order valence-corrected chi connectivity index (χ1v) is 11.1. The van der Waals surface area contributed by atoms with Gasteiger partial charge in [-0.15, -0.1) is 10.2 Å². The fourth-order valence-corrected chi connectivity index (χ4v) is 4.13. The van der Waals surface area contributed by atoms with E-state index >= 15 is 0 Å². The van der Waals surface area contributed by atoms with Crippen LogP contribution in [0.4, 0.5) is 4.39 Å². The summed E-state index contributed by atoms with van der Waals surface area (Å²) in [6.45, 7) is 3.62. The number of rotatable bonds is 8. The molecule has 3 aromatic rings. The molecule has 0 amide bonds. The maximum atomic E-state index is 14.5. The summed E-state index contributed by atoms with van der Waals surface area (Å²) < 4.78 is 26.3. The second kappa shape index (κ2) is 10.0. The Morgan fingerprint density at radius 2 is 1.93 bits per heavy atom. The molecule has 0 bridgehead atoms. The lowest BCUT2D eigenvalue weighted by Crippen LogP contribution is -2.31. The van der Waals surface area contributed by atoms with Gasteiger partial charge in [0.2, 0.25) is 0 Å². The first-order valence-electron chi connectivity index (χ1n) is 9.07. The average molecular weight is 517 g/mol. The van der Waals surface area contributed by atoms with Crippen LogP contribution in [-0.2, 0) is 0 Å². The summed E-state index contributed by atoms with van der Waals surface area (Å²) in [7, 11) is 0. The Bertz CT molecular complexity index is 1030. The lowest BCUT2D eigenvalue weighted by Gasteiger charge is -2.12. The van der Waals surface area contributed by atoms with Gasteiger partial charge in [0.15, 0.2) is 11.6 Å². The number of ether oxygens (including phenoxy) is 2. The molecule has 0 radical (unpaired) electrons. The molecule has 0 aliphatic carbocycles. The van der Waals surface area contributed by atoms with Gasteiger partial charge in [-0.1, -0.05) is 22.9 Å². The van der Waals surface area contributed by atoms with Crippen molar-refractivity contribution in [3.63, 3.8) is 0 Å². The number of nitrogens with two attached hydrogens (primary N) is 1. The van der Waals surface area contributed by atoms with E-state index in [1.165, 1.54) is 23.5 Å². The predicted octanol–water partition coefficient (Wildman–Crippen LogP) is 4.91. The van der Waals surface area contributed by atoms with Crippen molar-refractivity contribution in [2.24, 2.45) is 5.73 Å². The topological polar surface area (TPSA) is 90.5 Å². The lowest BCUT2D eigenvalue weighted by atomic mass is 10.2. The van der Waals surface area contributed by atoms with Crippen LogP contribution in [0.25, 0.3) is 21.1 Å². The zero-order valence-corrected chi connectivity index (χ0v) is 19.4. The van der Waals surface area contributed by atoms with Gasteiger partial charge in [0.05, 0.1) is 28.2 Å². The smallest absolute Gasteiger partial charge is 0.165 e. The molecule has 3 N–H and O–H groups in total. The molecule has 0 aliphatic rings. The summed E-state index contributed by atoms with van der Waals surface area (Å²) in [5.41, 5.74) is 6.83. The number of aliphatic hydroxyl groups excluding tert-OH is 1. The fraction of sp³-hybridized carbons (Fsp3) is 0.300. The van der Waals surface area contributed by atoms with E-state index in [-0.39, 0.29) is 30.1 Å². The maximum absolute atomic E-state index is 14.5. The zero-order valence-electron chi connectivity index (χ0n) is 16.2. The van der Waals surface area contributed by atoms with E-state index in [0.717, 1.165) is 15.8 Å². The number of hydrogen-bond acceptors (Lipinski definition) is 7. The molecule has 0 unspecified atom stereocenters. The molecule has 0 aliphatic heterocycles. The molecule has 10 heteroatoms. The highest BCUT2D eigenvalue weighted by Gasteiger charge is 2.17. The van der Waals surface area contributed by atoms with Crippen molar-refractivity contribution >= 4 is 38.9 Å². The van der Waals surface area contributed by atoms with Gasteiger partial charge >= 0.3 is 0 Å². The summed E-state index contributed by atoms with van der Waals surface area (Å²) in [4.78, 5) is 0. The third-order valence-corrected chi connectivity index (χ3v) is 5.84. The summed E-state index contributed by atoms with van der Waals surface area (Å²) in [5, 5.41) is 18.7. The van der Waals surface area contributed by atoms with Crippen molar-refractivity contribution in [3.8, 4) is 32.6 Å². The molecule has 0 spiro atoms. The minimum atomic E-state index is -0.606. The van der Waals surface area contributed by atoms with Gasteiger partial charge in [0, 0.05) is 17.2 Å². The Morgan fingerprint density at radius 1 is 1.20 bits per heavy atom. The van der Waals surface area contributed by atoms with E-state index < -0.39 is 11.9 Å². The Balaban J connectivity index is 1.84. The van der Waals surface area contributed by atoms with Gasteiger partial charge < -0.3 is 20.3 Å². The highest BCUT2D eigenvalue weighted by Crippen LogP contribution is 2.38. The molecule has 0 fully saturated rings. The standard InChI is InChI=1S/C20H20BrClFN3O3S/c1-10(2)29-17-4-3-11(5-14(17)21)19-25-26-20(30-19)13-6-16(23)18(7-15(13)22)28-9-12(24)8-27/h3-7,10,12,27H,8-9,24H2,1-2H3/t12-/m1/s1. The second-order valence-corrected chi connectivity index (χ2v) is 8.98. The third kappa shape index (κ3) is 5.47. The summed E-state index contributed by atoms with van der Waals surface area (Å²) in [6, 6.07) is 7.65. The Hall–Kier alpha value is -1.78. The molecule has 0 saturated heterocycles. The number of aliphatic hydroxyl groups is 1. The lowest BCUT2D eigenvalue weighted by molar-refractivity contribution is 0.202. The number of benzene rings is 2. The van der Waals surface area contributed by atoms with Crippen molar-refractivity contribution < 1.29 is 19.0 Å². The summed E-state index contributed by atoms with van der Waals surface area (Å²) >= 11 is 11.1. The van der Waals surface area contributed by atoms with Crippen LogP contribution < -0.4 is 15.2 Å². The summed E-state index contributed by atoms with van der Waals surface area (Å²) in [5.74, 6) is 0.0939. The van der Waals surface area contributed by atoms with E-state index in [2.05, 4.69) is 26.1 Å². The highest BCUT2D eigenvalue weighted by atomic mass is 79.9. The van der Waals surface area contributed by atoms with Crippen LogP contribution in [0.15, 0.2) is 34.8 Å². The fourth-order valence-electron chi connectivity index (χ4n) is 2.48. The summed E-state index contributed by atoms with van der Waals surface area (Å²) in [6.07, 6.45) is 0.0589. The van der Waals surface area contributed by atoms with Gasteiger partial charge in [-0.3, -0.25) is 0 Å². The van der Waals surface area contributed by atoms with Crippen LogP contribution in [0.3, 0.4) is 0 Å². The van der Waals surface area contributed by atoms with Crippen molar-refractivity contribution in [1.82, 2.24) is 10.2 Å². The quantitative estimate of drug-likeness (QED) is 0.442. The minimum absolute atomic E-state index is 0.0303. The van der Waals surface area contributed by atoms with E-state index in [4.69, 9.17) is 31.9 Å². The van der Waals surface area contributed by atoms with E-state index in [9.17, 15) is 4.39 Å². The highest BCUT2D eigenvalue weighted by molar-refractivity contribution is 9.10. The first kappa shape index (κ1) is 22.9. The zero-order chi connectivity index (χ0) is 21.8. The molecule has 30 heavy (non-hydrogen) atoms. The van der Waals surface area contributed by atoms with Crippen LogP contribution in [0.1, 0.15) is 13.8 Å². The molecular weight excluding hydrogens is 497 g/mol. The Kier molecular flexibility index (Phi) is 7.65. The second-order valence-electron chi connectivity index (χ2n) is 6.74. The van der Waals surface area contributed by atoms with E-state index in [1.54, 1.807) is 0 Å². The number of aromatic nitrogens is 2. The Labute approximate surface area is 190 Å². The van der Waals surface area contributed by atoms with Crippen LogP contribution in [0, 0.1) is 5.82 Å². The van der Waals surface area contributed by atoms with Crippen LogP contribution in [0.2, 0.25) is 5.02 Å². The SMILES string of the molecule is CC(C)Oc1ccc(-c2nnc(-c3cc(F)c(OC[C@H](N)CO)cc3Cl)s2)cc1Br. The van der Waals surface area contributed by atoms with Crippen LogP contribution >= 0.6 is 38.9 Å². The monoisotopic (exact) mass is 515 g/mol. The molecular formula is C20H20BrClFN3O3S. The molecule has 1 heterocycles.